The zero-order valence-electron chi connectivity index (χ0n) is 14.9. The molecule has 4 rings (SSSR count). The lowest BCUT2D eigenvalue weighted by atomic mass is 10.2. The highest BCUT2D eigenvalue weighted by Gasteiger charge is 2.06. The molecule has 8 heteroatoms. The minimum absolute atomic E-state index is 0.348. The lowest BCUT2D eigenvalue weighted by molar-refractivity contribution is 0.304. The number of nitrogens with zero attached hydrogens (tertiary/aromatic N) is 2. The molecule has 1 heterocycles. The molecule has 0 aliphatic heterocycles. The number of halogens is 3. The minimum atomic E-state index is 0.348. The maximum Gasteiger partial charge on any atom is 0.204 e. The van der Waals surface area contributed by atoms with Crippen molar-refractivity contribution in [3.8, 4) is 5.75 Å². The SMILES string of the molecule is Clc1ccc(COc2ccc(/C=N\Nc3nc4ccccc4s3)cc2Br)c(Cl)c1. The molecule has 0 aliphatic carbocycles. The minimum Gasteiger partial charge on any atom is -0.488 e. The Labute approximate surface area is 190 Å². The van der Waals surface area contributed by atoms with Crippen LogP contribution >= 0.6 is 50.5 Å². The number of hydrazone groups is 1. The molecule has 0 bridgehead atoms. The Hall–Kier alpha value is -2.12. The van der Waals surface area contributed by atoms with Crippen LogP contribution in [-0.4, -0.2) is 11.2 Å². The Morgan fingerprint density at radius 2 is 1.97 bits per heavy atom. The van der Waals surface area contributed by atoms with Crippen molar-refractivity contribution < 1.29 is 4.74 Å². The van der Waals surface area contributed by atoms with Gasteiger partial charge in [0.15, 0.2) is 0 Å². The first-order valence-corrected chi connectivity index (χ1v) is 11.0. The summed E-state index contributed by atoms with van der Waals surface area (Å²) in [4.78, 5) is 4.49. The topological polar surface area (TPSA) is 46.5 Å². The van der Waals surface area contributed by atoms with E-state index in [1.165, 1.54) is 0 Å². The molecule has 0 spiro atoms. The monoisotopic (exact) mass is 505 g/mol. The number of thiazole rings is 1. The van der Waals surface area contributed by atoms with Crippen LogP contribution in [0.4, 0.5) is 5.13 Å². The van der Waals surface area contributed by atoms with E-state index in [4.69, 9.17) is 27.9 Å². The Morgan fingerprint density at radius 3 is 2.76 bits per heavy atom. The van der Waals surface area contributed by atoms with Crippen LogP contribution in [0.15, 0.2) is 70.2 Å². The largest absolute Gasteiger partial charge is 0.488 e. The van der Waals surface area contributed by atoms with Gasteiger partial charge < -0.3 is 4.74 Å². The molecule has 4 aromatic rings. The van der Waals surface area contributed by atoms with Crippen LogP contribution in [0.1, 0.15) is 11.1 Å². The van der Waals surface area contributed by atoms with Crippen molar-refractivity contribution in [1.82, 2.24) is 4.98 Å². The van der Waals surface area contributed by atoms with E-state index in [0.29, 0.717) is 22.4 Å². The second-order valence-corrected chi connectivity index (χ2v) is 8.80. The first-order chi connectivity index (χ1) is 14.1. The molecule has 1 N–H and O–H groups in total. The molecule has 0 aliphatic rings. The molecule has 146 valence electrons. The van der Waals surface area contributed by atoms with E-state index in [1.54, 1.807) is 29.7 Å². The van der Waals surface area contributed by atoms with Crippen molar-refractivity contribution in [2.45, 2.75) is 6.61 Å². The summed E-state index contributed by atoms with van der Waals surface area (Å²) in [5.74, 6) is 0.715. The highest BCUT2D eigenvalue weighted by Crippen LogP contribution is 2.29. The van der Waals surface area contributed by atoms with Gasteiger partial charge in [-0.1, -0.05) is 52.7 Å². The summed E-state index contributed by atoms with van der Waals surface area (Å²) in [6.45, 7) is 0.348. The fourth-order valence-corrected chi connectivity index (χ4v) is 4.38. The summed E-state index contributed by atoms with van der Waals surface area (Å²) < 4.78 is 7.81. The summed E-state index contributed by atoms with van der Waals surface area (Å²) in [6, 6.07) is 19.1. The maximum atomic E-state index is 6.19. The van der Waals surface area contributed by atoms with Gasteiger partial charge in [0.25, 0.3) is 0 Å². The van der Waals surface area contributed by atoms with Gasteiger partial charge in [-0.05, 0) is 64.0 Å². The number of anilines is 1. The number of fused-ring (bicyclic) bond motifs is 1. The molecule has 0 radical (unpaired) electrons. The van der Waals surface area contributed by atoms with Crippen molar-refractivity contribution in [1.29, 1.82) is 0 Å². The normalized spacial score (nSPS) is 11.3. The molecule has 0 unspecified atom stereocenters. The van der Waals surface area contributed by atoms with E-state index in [2.05, 4.69) is 31.4 Å². The average molecular weight is 507 g/mol. The van der Waals surface area contributed by atoms with Gasteiger partial charge in [-0.25, -0.2) is 4.98 Å². The molecule has 1 aromatic heterocycles. The Morgan fingerprint density at radius 1 is 1.10 bits per heavy atom. The number of aromatic nitrogens is 1. The first kappa shape index (κ1) is 20.2. The third-order valence-corrected chi connectivity index (χ3v) is 6.17. The van der Waals surface area contributed by atoms with Gasteiger partial charge in [-0.2, -0.15) is 5.10 Å². The molecule has 4 nitrogen and oxygen atoms in total. The number of hydrogen-bond acceptors (Lipinski definition) is 5. The van der Waals surface area contributed by atoms with E-state index in [9.17, 15) is 0 Å². The van der Waals surface area contributed by atoms with Gasteiger partial charge in [0.2, 0.25) is 5.13 Å². The second-order valence-electron chi connectivity index (χ2n) is 6.07. The molecule has 29 heavy (non-hydrogen) atoms. The number of hydrogen-bond donors (Lipinski definition) is 1. The molecule has 3 aromatic carbocycles. The van der Waals surface area contributed by atoms with E-state index in [0.717, 1.165) is 30.9 Å². The molecule has 0 saturated heterocycles. The number of benzene rings is 3. The second kappa shape index (κ2) is 9.13. The van der Waals surface area contributed by atoms with Gasteiger partial charge in [0.05, 0.1) is 20.9 Å². The van der Waals surface area contributed by atoms with E-state index < -0.39 is 0 Å². The Kier molecular flexibility index (Phi) is 6.35. The highest BCUT2D eigenvalue weighted by atomic mass is 79.9. The average Bonchev–Trinajstić information content (AvgIpc) is 3.11. The van der Waals surface area contributed by atoms with Gasteiger partial charge >= 0.3 is 0 Å². The maximum absolute atomic E-state index is 6.19. The fourth-order valence-electron chi connectivity index (χ4n) is 2.59. The van der Waals surface area contributed by atoms with Crippen molar-refractivity contribution in [2.75, 3.05) is 5.43 Å². The molecule has 0 atom stereocenters. The van der Waals surface area contributed by atoms with E-state index in [-0.39, 0.29) is 0 Å². The summed E-state index contributed by atoms with van der Waals surface area (Å²) in [7, 11) is 0. The molecule has 0 amide bonds. The van der Waals surface area contributed by atoms with Gasteiger partial charge in [0, 0.05) is 15.6 Å². The predicted octanol–water partition coefficient (Wildman–Crippen LogP) is 7.39. The zero-order valence-corrected chi connectivity index (χ0v) is 18.8. The number of nitrogens with one attached hydrogen (secondary N) is 1. The smallest absolute Gasteiger partial charge is 0.204 e. The van der Waals surface area contributed by atoms with Crippen molar-refractivity contribution >= 4 is 72.0 Å². The molecular formula is C21H14BrCl2N3OS. The van der Waals surface area contributed by atoms with Gasteiger partial charge in [-0.15, -0.1) is 0 Å². The van der Waals surface area contributed by atoms with Gasteiger partial charge in [-0.3, -0.25) is 5.43 Å². The third kappa shape index (κ3) is 5.08. The van der Waals surface area contributed by atoms with Crippen LogP contribution in [0.3, 0.4) is 0 Å². The zero-order chi connectivity index (χ0) is 20.2. The van der Waals surface area contributed by atoms with Crippen LogP contribution in [0.5, 0.6) is 5.75 Å². The molecule has 0 fully saturated rings. The van der Waals surface area contributed by atoms with Crippen LogP contribution in [0, 0.1) is 0 Å². The van der Waals surface area contributed by atoms with Crippen molar-refractivity contribution in [2.24, 2.45) is 5.10 Å². The van der Waals surface area contributed by atoms with E-state index >= 15 is 0 Å². The van der Waals surface area contributed by atoms with Crippen LogP contribution in [-0.2, 0) is 6.61 Å². The summed E-state index contributed by atoms with van der Waals surface area (Å²) in [6.07, 6.45) is 1.73. The standard InChI is InChI=1S/C21H14BrCl2N3OS/c22-16-9-13(11-25-27-21-26-18-3-1-2-4-20(18)29-21)5-8-19(16)28-12-14-6-7-15(23)10-17(14)24/h1-11H,12H2,(H,26,27)/b25-11-. The number of para-hydroxylation sites is 1. The Balaban J connectivity index is 1.39. The third-order valence-electron chi connectivity index (χ3n) is 4.02. The highest BCUT2D eigenvalue weighted by molar-refractivity contribution is 9.10. The fraction of sp³-hybridized carbons (Fsp3) is 0.0476. The first-order valence-electron chi connectivity index (χ1n) is 8.59. The van der Waals surface area contributed by atoms with Gasteiger partial charge in [0.1, 0.15) is 12.4 Å². The Bertz CT molecular complexity index is 1160. The number of ether oxygens (including phenoxy) is 1. The van der Waals surface area contributed by atoms with Crippen LogP contribution in [0.25, 0.3) is 10.2 Å². The van der Waals surface area contributed by atoms with Crippen molar-refractivity contribution in [3.63, 3.8) is 0 Å². The number of rotatable bonds is 6. The van der Waals surface area contributed by atoms with Crippen LogP contribution < -0.4 is 10.2 Å². The van der Waals surface area contributed by atoms with Crippen molar-refractivity contribution in [3.05, 3.63) is 86.3 Å². The van der Waals surface area contributed by atoms with E-state index in [1.807, 2.05) is 48.5 Å². The molecular weight excluding hydrogens is 493 g/mol. The quantitative estimate of drug-likeness (QED) is 0.219. The predicted molar refractivity (Wildman–Crippen MR) is 126 cm³/mol. The van der Waals surface area contributed by atoms with Crippen LogP contribution in [0.2, 0.25) is 10.0 Å². The lowest BCUT2D eigenvalue weighted by Crippen LogP contribution is -1.97. The summed E-state index contributed by atoms with van der Waals surface area (Å²) >= 11 is 17.2. The molecule has 0 saturated carbocycles. The summed E-state index contributed by atoms with van der Waals surface area (Å²) in [5.41, 5.74) is 5.73. The lowest BCUT2D eigenvalue weighted by Gasteiger charge is -2.10. The summed E-state index contributed by atoms with van der Waals surface area (Å²) in [5, 5.41) is 6.21.